The third-order valence-corrected chi connectivity index (χ3v) is 4.98. The molecule has 1 saturated heterocycles. The average molecular weight is 396 g/mol. The number of methoxy groups -OCH3 is 1. The van der Waals surface area contributed by atoms with E-state index in [2.05, 4.69) is 4.98 Å². The van der Waals surface area contributed by atoms with Crippen molar-refractivity contribution in [3.8, 4) is 17.0 Å². The maximum absolute atomic E-state index is 13.6. The Morgan fingerprint density at radius 2 is 2.00 bits per heavy atom. The number of hydrogen-bond acceptors (Lipinski definition) is 6. The molecule has 150 valence electrons. The van der Waals surface area contributed by atoms with Crippen molar-refractivity contribution in [2.24, 2.45) is 7.05 Å². The molecule has 1 aliphatic rings. The first-order chi connectivity index (χ1) is 14.1. The van der Waals surface area contributed by atoms with Crippen molar-refractivity contribution in [2.75, 3.05) is 31.7 Å². The molecule has 1 aliphatic heterocycles. The zero-order valence-corrected chi connectivity index (χ0v) is 16.2. The van der Waals surface area contributed by atoms with Gasteiger partial charge in [0.2, 0.25) is 5.95 Å². The second-order valence-corrected chi connectivity index (χ2v) is 6.77. The molecule has 8 heteroatoms. The smallest absolute Gasteiger partial charge is 0.255 e. The lowest BCUT2D eigenvalue weighted by Gasteiger charge is -2.35. The summed E-state index contributed by atoms with van der Waals surface area (Å²) in [7, 11) is 3.20. The van der Waals surface area contributed by atoms with E-state index in [0.717, 1.165) is 11.1 Å². The summed E-state index contributed by atoms with van der Waals surface area (Å²) in [6, 6.07) is 9.55. The van der Waals surface area contributed by atoms with Crippen LogP contribution in [-0.4, -0.2) is 41.3 Å². The molecule has 0 radical (unpaired) electrons. The van der Waals surface area contributed by atoms with E-state index in [-0.39, 0.29) is 17.5 Å². The summed E-state index contributed by atoms with van der Waals surface area (Å²) < 4.78 is 26.3. The molecule has 0 aliphatic carbocycles. The van der Waals surface area contributed by atoms with Crippen LogP contribution >= 0.6 is 0 Å². The van der Waals surface area contributed by atoms with Crippen molar-refractivity contribution in [2.45, 2.75) is 6.10 Å². The SMILES string of the molecule is COc1cc(F)ccc1[C@H]1CN(c2nc(-c3ccncc3)cc(=O)n2C)CCO1. The van der Waals surface area contributed by atoms with Crippen molar-refractivity contribution in [1.29, 1.82) is 0 Å². The lowest BCUT2D eigenvalue weighted by Crippen LogP contribution is -2.41. The first-order valence-electron chi connectivity index (χ1n) is 9.25. The van der Waals surface area contributed by atoms with Crippen molar-refractivity contribution in [1.82, 2.24) is 14.5 Å². The number of rotatable bonds is 4. The average Bonchev–Trinajstić information content (AvgIpc) is 2.76. The van der Waals surface area contributed by atoms with Crippen molar-refractivity contribution in [3.05, 3.63) is 70.5 Å². The number of anilines is 1. The third kappa shape index (κ3) is 3.84. The summed E-state index contributed by atoms with van der Waals surface area (Å²) >= 11 is 0. The molecule has 3 aromatic rings. The minimum absolute atomic E-state index is 0.149. The largest absolute Gasteiger partial charge is 0.496 e. The van der Waals surface area contributed by atoms with E-state index in [1.54, 1.807) is 25.5 Å². The van der Waals surface area contributed by atoms with E-state index in [0.29, 0.717) is 37.1 Å². The maximum Gasteiger partial charge on any atom is 0.255 e. The zero-order chi connectivity index (χ0) is 20.4. The Balaban J connectivity index is 1.68. The van der Waals surface area contributed by atoms with Crippen LogP contribution in [-0.2, 0) is 11.8 Å². The standard InChI is InChI=1S/C21H21FN4O3/c1-25-20(27)12-17(14-5-7-23-8-6-14)24-21(25)26-9-10-29-19(13-26)16-4-3-15(22)11-18(16)28-2/h3-8,11-12,19H,9-10,13H2,1-2H3/t19-/m1/s1. The summed E-state index contributed by atoms with van der Waals surface area (Å²) in [5.74, 6) is 0.621. The van der Waals surface area contributed by atoms with Crippen LogP contribution in [0, 0.1) is 5.82 Å². The maximum atomic E-state index is 13.6. The van der Waals surface area contributed by atoms with E-state index < -0.39 is 0 Å². The molecule has 0 unspecified atom stereocenters. The predicted molar refractivity (Wildman–Crippen MR) is 107 cm³/mol. The molecule has 0 saturated carbocycles. The van der Waals surface area contributed by atoms with Crippen molar-refractivity contribution < 1.29 is 13.9 Å². The van der Waals surface area contributed by atoms with Crippen molar-refractivity contribution >= 4 is 5.95 Å². The highest BCUT2D eigenvalue weighted by atomic mass is 19.1. The second kappa shape index (κ2) is 8.00. The third-order valence-electron chi connectivity index (χ3n) is 4.98. The van der Waals surface area contributed by atoms with Gasteiger partial charge in [0.1, 0.15) is 17.7 Å². The molecule has 4 rings (SSSR count). The van der Waals surface area contributed by atoms with Gasteiger partial charge in [-0.2, -0.15) is 0 Å². The molecular weight excluding hydrogens is 375 g/mol. The molecule has 0 N–H and O–H groups in total. The molecular formula is C21H21FN4O3. The molecule has 29 heavy (non-hydrogen) atoms. The van der Waals surface area contributed by atoms with Gasteiger partial charge >= 0.3 is 0 Å². The Labute approximate surface area is 167 Å². The number of ether oxygens (including phenoxy) is 2. The molecule has 0 bridgehead atoms. The number of hydrogen-bond donors (Lipinski definition) is 0. The van der Waals surface area contributed by atoms with Crippen LogP contribution in [0.15, 0.2) is 53.6 Å². The fourth-order valence-corrected chi connectivity index (χ4v) is 3.45. The molecule has 7 nitrogen and oxygen atoms in total. The number of pyridine rings is 1. The Bertz CT molecular complexity index is 1070. The molecule has 1 fully saturated rings. The molecule has 1 aromatic carbocycles. The lowest BCUT2D eigenvalue weighted by atomic mass is 10.1. The van der Waals surface area contributed by atoms with Gasteiger partial charge < -0.3 is 14.4 Å². The van der Waals surface area contributed by atoms with Crippen LogP contribution < -0.4 is 15.2 Å². The van der Waals surface area contributed by atoms with Gasteiger partial charge in [0.15, 0.2) is 0 Å². The highest BCUT2D eigenvalue weighted by Crippen LogP contribution is 2.32. The molecule has 2 aromatic heterocycles. The van der Waals surface area contributed by atoms with Crippen LogP contribution in [0.4, 0.5) is 10.3 Å². The van der Waals surface area contributed by atoms with Gasteiger partial charge in [-0.25, -0.2) is 9.37 Å². The first-order valence-corrected chi connectivity index (χ1v) is 9.25. The Morgan fingerprint density at radius 3 is 2.76 bits per heavy atom. The Hall–Kier alpha value is -3.26. The fourth-order valence-electron chi connectivity index (χ4n) is 3.45. The van der Waals surface area contributed by atoms with Gasteiger partial charge in [0, 0.05) is 49.2 Å². The topological polar surface area (TPSA) is 69.5 Å². The van der Waals surface area contributed by atoms with E-state index in [1.807, 2.05) is 17.0 Å². The van der Waals surface area contributed by atoms with E-state index in [4.69, 9.17) is 14.5 Å². The zero-order valence-electron chi connectivity index (χ0n) is 16.2. The highest BCUT2D eigenvalue weighted by Gasteiger charge is 2.27. The van der Waals surface area contributed by atoms with Gasteiger partial charge in [-0.3, -0.25) is 14.3 Å². The minimum atomic E-state index is -0.368. The Morgan fingerprint density at radius 1 is 1.21 bits per heavy atom. The number of morpholine rings is 1. The molecule has 3 heterocycles. The molecule has 0 spiro atoms. The summed E-state index contributed by atoms with van der Waals surface area (Å²) in [5, 5.41) is 0. The van der Waals surface area contributed by atoms with Gasteiger partial charge in [0.25, 0.3) is 5.56 Å². The van der Waals surface area contributed by atoms with Crippen LogP contribution in [0.2, 0.25) is 0 Å². The van der Waals surface area contributed by atoms with Crippen LogP contribution in [0.1, 0.15) is 11.7 Å². The van der Waals surface area contributed by atoms with Gasteiger partial charge in [-0.15, -0.1) is 0 Å². The monoisotopic (exact) mass is 396 g/mol. The first kappa shape index (κ1) is 19.1. The highest BCUT2D eigenvalue weighted by molar-refractivity contribution is 5.59. The fraction of sp³-hybridized carbons (Fsp3) is 0.286. The van der Waals surface area contributed by atoms with Gasteiger partial charge in [-0.05, 0) is 24.3 Å². The van der Waals surface area contributed by atoms with E-state index in [9.17, 15) is 9.18 Å². The number of benzene rings is 1. The van der Waals surface area contributed by atoms with Crippen LogP contribution in [0.5, 0.6) is 5.75 Å². The van der Waals surface area contributed by atoms with Crippen LogP contribution in [0.3, 0.4) is 0 Å². The Kier molecular flexibility index (Phi) is 5.26. The minimum Gasteiger partial charge on any atom is -0.496 e. The normalized spacial score (nSPS) is 16.7. The quantitative estimate of drug-likeness (QED) is 0.675. The second-order valence-electron chi connectivity index (χ2n) is 6.77. The van der Waals surface area contributed by atoms with Crippen molar-refractivity contribution in [3.63, 3.8) is 0 Å². The predicted octanol–water partition coefficient (Wildman–Crippen LogP) is 2.57. The van der Waals surface area contributed by atoms with E-state index in [1.165, 1.54) is 29.9 Å². The number of halogens is 1. The molecule has 1 atom stereocenters. The molecule has 0 amide bonds. The van der Waals surface area contributed by atoms with E-state index >= 15 is 0 Å². The summed E-state index contributed by atoms with van der Waals surface area (Å²) in [5.41, 5.74) is 2.02. The van der Waals surface area contributed by atoms with Gasteiger partial charge in [-0.1, -0.05) is 0 Å². The lowest BCUT2D eigenvalue weighted by molar-refractivity contribution is 0.0374. The summed E-state index contributed by atoms with van der Waals surface area (Å²) in [4.78, 5) is 23.3. The number of nitrogens with zero attached hydrogens (tertiary/aromatic N) is 4. The summed E-state index contributed by atoms with van der Waals surface area (Å²) in [6.45, 7) is 1.49. The summed E-state index contributed by atoms with van der Waals surface area (Å²) in [6.07, 6.45) is 3.00. The van der Waals surface area contributed by atoms with Crippen LogP contribution in [0.25, 0.3) is 11.3 Å². The van der Waals surface area contributed by atoms with Gasteiger partial charge in [0.05, 0.1) is 26.0 Å². The number of aromatic nitrogens is 3.